The summed E-state index contributed by atoms with van der Waals surface area (Å²) in [5, 5.41) is 0. The molecule has 3 heteroatoms. The van der Waals surface area contributed by atoms with Gasteiger partial charge in [-0.2, -0.15) is 0 Å². The summed E-state index contributed by atoms with van der Waals surface area (Å²) >= 11 is 0. The topological polar surface area (TPSA) is 34.9 Å². The van der Waals surface area contributed by atoms with Crippen LogP contribution in [0, 0.1) is 0 Å². The van der Waals surface area contributed by atoms with Crippen molar-refractivity contribution in [3.8, 4) is 0 Å². The van der Waals surface area contributed by atoms with Crippen LogP contribution in [0.1, 0.15) is 27.9 Å². The number of nitrogens with zero attached hydrogens (tertiary/aromatic N) is 2. The molecule has 0 aliphatic rings. The minimum absolute atomic E-state index is 0.602. The number of aldehydes is 1. The molecule has 0 saturated carbocycles. The van der Waals surface area contributed by atoms with Crippen molar-refractivity contribution in [1.29, 1.82) is 0 Å². The van der Waals surface area contributed by atoms with E-state index in [4.69, 9.17) is 0 Å². The van der Waals surface area contributed by atoms with Gasteiger partial charge in [-0.25, -0.2) is 4.98 Å². The smallest absolute Gasteiger partial charge is 0.150 e. The number of hydrogen-bond donors (Lipinski definition) is 0. The van der Waals surface area contributed by atoms with E-state index in [9.17, 15) is 4.79 Å². The van der Waals surface area contributed by atoms with Crippen molar-refractivity contribution in [2.24, 2.45) is 0 Å². The lowest BCUT2D eigenvalue weighted by Gasteiger charge is -2.38. The third-order valence-corrected chi connectivity index (χ3v) is 6.14. The number of carbonyl (C=O) groups is 1. The number of allylic oxidation sites excluding steroid dienone is 1. The molecule has 1 aromatic heterocycles. The van der Waals surface area contributed by atoms with Gasteiger partial charge in [0.25, 0.3) is 0 Å². The Bertz CT molecular complexity index is 1290. The zero-order valence-electron chi connectivity index (χ0n) is 18.7. The zero-order chi connectivity index (χ0) is 23.2. The maximum Gasteiger partial charge on any atom is 0.150 e. The third kappa shape index (κ3) is 3.78. The van der Waals surface area contributed by atoms with Crippen LogP contribution in [0.4, 0.5) is 0 Å². The highest BCUT2D eigenvalue weighted by Crippen LogP contribution is 2.41. The van der Waals surface area contributed by atoms with Gasteiger partial charge in [0.1, 0.15) is 5.54 Å². The lowest BCUT2D eigenvalue weighted by molar-refractivity contribution is -0.103. The fourth-order valence-electron chi connectivity index (χ4n) is 4.62. The van der Waals surface area contributed by atoms with E-state index in [1.165, 1.54) is 0 Å². The molecule has 3 nitrogen and oxygen atoms in total. The van der Waals surface area contributed by atoms with Gasteiger partial charge >= 0.3 is 0 Å². The number of carbonyl (C=O) groups excluding carboxylic acids is 1. The normalized spacial score (nSPS) is 11.8. The number of rotatable bonds is 7. The predicted molar refractivity (Wildman–Crippen MR) is 137 cm³/mol. The molecule has 0 aliphatic heterocycles. The summed E-state index contributed by atoms with van der Waals surface area (Å²) in [5.41, 5.74) is 4.94. The average molecular weight is 441 g/mol. The molecule has 0 saturated heterocycles. The summed E-state index contributed by atoms with van der Waals surface area (Å²) in [5.74, 6) is 0. The highest BCUT2D eigenvalue weighted by Gasteiger charge is 2.39. The summed E-state index contributed by atoms with van der Waals surface area (Å²) in [7, 11) is 0. The summed E-state index contributed by atoms with van der Waals surface area (Å²) in [6, 6.07) is 41.0. The van der Waals surface area contributed by atoms with Crippen LogP contribution < -0.4 is 0 Å². The molecule has 0 atom stereocenters. The third-order valence-electron chi connectivity index (χ3n) is 6.14. The molecule has 5 rings (SSSR count). The lowest BCUT2D eigenvalue weighted by atomic mass is 9.76. The lowest BCUT2D eigenvalue weighted by Crippen LogP contribution is -2.38. The average Bonchev–Trinajstić information content (AvgIpc) is 3.38. The second-order valence-corrected chi connectivity index (χ2v) is 8.08. The Morgan fingerprint density at radius 1 is 0.647 bits per heavy atom. The molecule has 0 bridgehead atoms. The minimum Gasteiger partial charge on any atom is -0.312 e. The van der Waals surface area contributed by atoms with E-state index in [1.54, 1.807) is 0 Å². The largest absolute Gasteiger partial charge is 0.312 e. The molecule has 0 spiro atoms. The van der Waals surface area contributed by atoms with Crippen LogP contribution >= 0.6 is 0 Å². The first-order valence-electron chi connectivity index (χ1n) is 11.3. The van der Waals surface area contributed by atoms with Crippen LogP contribution in [-0.2, 0) is 10.3 Å². The molecule has 1 heterocycles. The van der Waals surface area contributed by atoms with E-state index in [0.717, 1.165) is 34.2 Å². The van der Waals surface area contributed by atoms with Gasteiger partial charge < -0.3 is 4.57 Å². The molecule has 0 fully saturated rings. The second-order valence-electron chi connectivity index (χ2n) is 8.08. The fraction of sp³-hybridized carbons (Fsp3) is 0.0323. The van der Waals surface area contributed by atoms with Crippen LogP contribution in [0.15, 0.2) is 134 Å². The first-order valence-corrected chi connectivity index (χ1v) is 11.3. The van der Waals surface area contributed by atoms with Gasteiger partial charge in [0.2, 0.25) is 0 Å². The van der Waals surface area contributed by atoms with Crippen molar-refractivity contribution in [1.82, 2.24) is 9.55 Å². The van der Waals surface area contributed by atoms with Gasteiger partial charge in [-0.3, -0.25) is 4.79 Å². The molecule has 4 aromatic carbocycles. The van der Waals surface area contributed by atoms with E-state index in [-0.39, 0.29) is 0 Å². The van der Waals surface area contributed by atoms with Crippen LogP contribution in [0.2, 0.25) is 0 Å². The van der Waals surface area contributed by atoms with Crippen molar-refractivity contribution in [3.05, 3.63) is 162 Å². The van der Waals surface area contributed by atoms with Crippen LogP contribution in [0.25, 0.3) is 11.6 Å². The Balaban J connectivity index is 1.83. The molecule has 5 aromatic rings. The van der Waals surface area contributed by atoms with Crippen LogP contribution in [0.3, 0.4) is 0 Å². The predicted octanol–water partition coefficient (Wildman–Crippen LogP) is 6.46. The molecular formula is C31H24N2O. The van der Waals surface area contributed by atoms with E-state index in [2.05, 4.69) is 82.3 Å². The van der Waals surface area contributed by atoms with E-state index < -0.39 is 5.54 Å². The van der Waals surface area contributed by atoms with Gasteiger partial charge in [-0.1, -0.05) is 121 Å². The maximum absolute atomic E-state index is 12.1. The van der Waals surface area contributed by atoms with Crippen molar-refractivity contribution in [2.75, 3.05) is 0 Å². The van der Waals surface area contributed by atoms with Crippen molar-refractivity contribution in [2.45, 2.75) is 5.54 Å². The molecule has 0 aliphatic carbocycles. The summed E-state index contributed by atoms with van der Waals surface area (Å²) in [4.78, 5) is 16.7. The Morgan fingerprint density at radius 3 is 1.53 bits per heavy atom. The summed E-state index contributed by atoms with van der Waals surface area (Å²) in [6.07, 6.45) is 6.49. The fourth-order valence-corrected chi connectivity index (χ4v) is 4.62. The molecule has 0 unspecified atom stereocenters. The number of imidazole rings is 1. The zero-order valence-corrected chi connectivity index (χ0v) is 18.7. The number of aromatic nitrogens is 2. The van der Waals surface area contributed by atoms with Gasteiger partial charge in [0.05, 0.1) is 18.2 Å². The van der Waals surface area contributed by atoms with Gasteiger partial charge in [-0.05, 0) is 28.3 Å². The van der Waals surface area contributed by atoms with Crippen molar-refractivity contribution in [3.63, 3.8) is 0 Å². The standard InChI is InChI=1S/C31H24N2O/c34-23-26(25-13-5-1-6-14-25)21-30-22-32-24-33(30)31(27-15-7-2-8-16-27,28-17-9-3-10-18-28)29-19-11-4-12-20-29/h1-24H/b26-21+. The summed E-state index contributed by atoms with van der Waals surface area (Å²) in [6.45, 7) is 0. The molecule has 164 valence electrons. The highest BCUT2D eigenvalue weighted by molar-refractivity contribution is 6.13. The highest BCUT2D eigenvalue weighted by atomic mass is 16.1. The summed E-state index contributed by atoms with van der Waals surface area (Å²) < 4.78 is 2.17. The SMILES string of the molecule is O=C/C(=C\c1cncn1C(c1ccccc1)(c1ccccc1)c1ccccc1)c1ccccc1. The molecule has 0 amide bonds. The van der Waals surface area contributed by atoms with Gasteiger partial charge in [0, 0.05) is 5.57 Å². The monoisotopic (exact) mass is 440 g/mol. The molecular weight excluding hydrogens is 416 g/mol. The Kier molecular flexibility index (Phi) is 6.00. The number of hydrogen-bond acceptors (Lipinski definition) is 2. The van der Waals surface area contributed by atoms with E-state index >= 15 is 0 Å². The Labute approximate surface area is 199 Å². The molecule has 0 radical (unpaired) electrons. The molecule has 0 N–H and O–H groups in total. The van der Waals surface area contributed by atoms with E-state index in [0.29, 0.717) is 5.57 Å². The second kappa shape index (κ2) is 9.55. The van der Waals surface area contributed by atoms with Gasteiger partial charge in [-0.15, -0.1) is 0 Å². The Morgan fingerprint density at radius 2 is 1.09 bits per heavy atom. The van der Waals surface area contributed by atoms with Crippen molar-refractivity contribution < 1.29 is 4.79 Å². The van der Waals surface area contributed by atoms with Crippen LogP contribution in [0.5, 0.6) is 0 Å². The Hall–Kier alpha value is -4.50. The minimum atomic E-state index is -0.684. The molecule has 34 heavy (non-hydrogen) atoms. The van der Waals surface area contributed by atoms with Crippen molar-refractivity contribution >= 4 is 17.9 Å². The maximum atomic E-state index is 12.1. The van der Waals surface area contributed by atoms with Crippen LogP contribution in [-0.4, -0.2) is 15.8 Å². The number of benzene rings is 4. The quantitative estimate of drug-likeness (QED) is 0.165. The van der Waals surface area contributed by atoms with E-state index in [1.807, 2.05) is 67.1 Å². The first kappa shape index (κ1) is 21.4. The van der Waals surface area contributed by atoms with Gasteiger partial charge in [0.15, 0.2) is 6.29 Å². The first-order chi connectivity index (χ1) is 16.8.